The Balaban J connectivity index is 1.84. The van der Waals surface area contributed by atoms with Crippen LogP contribution < -0.4 is 0 Å². The lowest BCUT2D eigenvalue weighted by Crippen LogP contribution is -2.24. The van der Waals surface area contributed by atoms with Gasteiger partial charge in [0.1, 0.15) is 6.61 Å². The van der Waals surface area contributed by atoms with Gasteiger partial charge in [-0.2, -0.15) is 0 Å². The maximum atomic E-state index is 8.74. The summed E-state index contributed by atoms with van der Waals surface area (Å²) in [6, 6.07) is 7.86. The summed E-state index contributed by atoms with van der Waals surface area (Å²) < 4.78 is 11.3. The van der Waals surface area contributed by atoms with Gasteiger partial charge in [-0.25, -0.2) is 0 Å². The van der Waals surface area contributed by atoms with Crippen molar-refractivity contribution in [1.82, 2.24) is 0 Å². The molecule has 1 saturated heterocycles. The van der Waals surface area contributed by atoms with Gasteiger partial charge in [0, 0.05) is 12.2 Å². The molecule has 1 heterocycles. The van der Waals surface area contributed by atoms with Gasteiger partial charge in [0.05, 0.1) is 19.3 Å². The molecular formula is C16H20O3. The summed E-state index contributed by atoms with van der Waals surface area (Å²) in [5.74, 6) is 5.61. The Morgan fingerprint density at radius 3 is 3.00 bits per heavy atom. The van der Waals surface area contributed by atoms with E-state index in [4.69, 9.17) is 14.6 Å². The number of aliphatic hydroxyl groups excluding tert-OH is 1. The van der Waals surface area contributed by atoms with Crippen molar-refractivity contribution in [1.29, 1.82) is 0 Å². The van der Waals surface area contributed by atoms with E-state index in [-0.39, 0.29) is 12.7 Å². The fourth-order valence-electron chi connectivity index (χ4n) is 2.14. The first-order valence-electron chi connectivity index (χ1n) is 6.77. The van der Waals surface area contributed by atoms with Crippen LogP contribution in [0.15, 0.2) is 24.3 Å². The second-order valence-electron chi connectivity index (χ2n) is 4.62. The third-order valence-electron chi connectivity index (χ3n) is 3.15. The molecule has 1 atom stereocenters. The van der Waals surface area contributed by atoms with Crippen molar-refractivity contribution in [2.45, 2.75) is 32.0 Å². The number of hydrogen-bond acceptors (Lipinski definition) is 3. The Hall–Kier alpha value is -1.34. The number of ether oxygens (including phenoxy) is 2. The maximum Gasteiger partial charge on any atom is 0.104 e. The molecule has 1 unspecified atom stereocenters. The van der Waals surface area contributed by atoms with Crippen molar-refractivity contribution >= 4 is 0 Å². The van der Waals surface area contributed by atoms with Gasteiger partial charge < -0.3 is 14.6 Å². The molecule has 3 nitrogen and oxygen atoms in total. The van der Waals surface area contributed by atoms with Crippen LogP contribution in [0.25, 0.3) is 0 Å². The van der Waals surface area contributed by atoms with E-state index in [1.807, 2.05) is 24.3 Å². The van der Waals surface area contributed by atoms with Crippen LogP contribution in [0.2, 0.25) is 0 Å². The lowest BCUT2D eigenvalue weighted by molar-refractivity contribution is -0.0447. The van der Waals surface area contributed by atoms with E-state index in [0.717, 1.165) is 30.6 Å². The van der Waals surface area contributed by atoms with Crippen LogP contribution in [0.3, 0.4) is 0 Å². The second-order valence-corrected chi connectivity index (χ2v) is 4.62. The molecule has 0 bridgehead atoms. The average molecular weight is 260 g/mol. The summed E-state index contributed by atoms with van der Waals surface area (Å²) in [7, 11) is 0. The lowest BCUT2D eigenvalue weighted by Gasteiger charge is -2.22. The topological polar surface area (TPSA) is 38.7 Å². The molecule has 0 radical (unpaired) electrons. The first-order chi connectivity index (χ1) is 9.40. The molecule has 1 aromatic carbocycles. The molecule has 19 heavy (non-hydrogen) atoms. The van der Waals surface area contributed by atoms with Crippen molar-refractivity contribution in [2.24, 2.45) is 0 Å². The van der Waals surface area contributed by atoms with E-state index >= 15 is 0 Å². The maximum absolute atomic E-state index is 8.74. The quantitative estimate of drug-likeness (QED) is 0.843. The zero-order valence-electron chi connectivity index (χ0n) is 11.1. The predicted molar refractivity (Wildman–Crippen MR) is 73.7 cm³/mol. The highest BCUT2D eigenvalue weighted by atomic mass is 16.5. The molecule has 0 aliphatic carbocycles. The smallest absolute Gasteiger partial charge is 0.104 e. The van der Waals surface area contributed by atoms with Crippen LogP contribution >= 0.6 is 0 Å². The number of benzene rings is 1. The Bertz CT molecular complexity index is 439. The highest BCUT2D eigenvalue weighted by Gasteiger charge is 2.13. The zero-order chi connectivity index (χ0) is 13.3. The molecule has 1 aliphatic heterocycles. The predicted octanol–water partition coefficient (Wildman–Crippen LogP) is 2.12. The molecule has 1 aromatic rings. The second kappa shape index (κ2) is 7.96. The molecule has 2 rings (SSSR count). The number of rotatable bonds is 4. The minimum Gasteiger partial charge on any atom is -0.384 e. The van der Waals surface area contributed by atoms with Crippen LogP contribution in [-0.2, 0) is 16.1 Å². The summed E-state index contributed by atoms with van der Waals surface area (Å²) >= 11 is 0. The minimum atomic E-state index is -0.120. The van der Waals surface area contributed by atoms with Gasteiger partial charge in [-0.3, -0.25) is 0 Å². The highest BCUT2D eigenvalue weighted by Crippen LogP contribution is 2.14. The van der Waals surface area contributed by atoms with Crippen molar-refractivity contribution in [3.63, 3.8) is 0 Å². The Labute approximate surface area is 114 Å². The third kappa shape index (κ3) is 4.68. The zero-order valence-corrected chi connectivity index (χ0v) is 11.1. The first kappa shape index (κ1) is 14.1. The van der Waals surface area contributed by atoms with Gasteiger partial charge in [-0.15, -0.1) is 0 Å². The van der Waals surface area contributed by atoms with E-state index in [0.29, 0.717) is 13.2 Å². The summed E-state index contributed by atoms with van der Waals surface area (Å²) in [5.41, 5.74) is 1.97. The standard InChI is InChI=1S/C16H20O3/c17-10-5-8-14-6-1-2-7-15(14)12-18-13-16-9-3-4-11-19-16/h1-2,6-7,16-17H,3-4,9-13H2. The van der Waals surface area contributed by atoms with Crippen molar-refractivity contribution in [3.8, 4) is 11.8 Å². The van der Waals surface area contributed by atoms with Gasteiger partial charge in [0.15, 0.2) is 0 Å². The van der Waals surface area contributed by atoms with Crippen LogP contribution in [0, 0.1) is 11.8 Å². The van der Waals surface area contributed by atoms with Crippen molar-refractivity contribution in [3.05, 3.63) is 35.4 Å². The van der Waals surface area contributed by atoms with E-state index in [1.54, 1.807) is 0 Å². The monoisotopic (exact) mass is 260 g/mol. The van der Waals surface area contributed by atoms with Gasteiger partial charge in [-0.05, 0) is 30.9 Å². The van der Waals surface area contributed by atoms with Gasteiger partial charge in [0.2, 0.25) is 0 Å². The van der Waals surface area contributed by atoms with E-state index < -0.39 is 0 Å². The van der Waals surface area contributed by atoms with Crippen LogP contribution in [-0.4, -0.2) is 31.0 Å². The lowest BCUT2D eigenvalue weighted by atomic mass is 10.1. The fourth-order valence-corrected chi connectivity index (χ4v) is 2.14. The van der Waals surface area contributed by atoms with Gasteiger partial charge >= 0.3 is 0 Å². The molecule has 0 saturated carbocycles. The molecule has 102 valence electrons. The Morgan fingerprint density at radius 1 is 1.32 bits per heavy atom. The molecule has 0 spiro atoms. The van der Waals surface area contributed by atoms with Crippen LogP contribution in [0.5, 0.6) is 0 Å². The molecule has 1 fully saturated rings. The van der Waals surface area contributed by atoms with E-state index in [9.17, 15) is 0 Å². The fraction of sp³-hybridized carbons (Fsp3) is 0.500. The molecule has 0 aromatic heterocycles. The molecule has 1 aliphatic rings. The third-order valence-corrected chi connectivity index (χ3v) is 3.15. The van der Waals surface area contributed by atoms with E-state index in [1.165, 1.54) is 6.42 Å². The summed E-state index contributed by atoms with van der Waals surface area (Å²) in [4.78, 5) is 0. The Kier molecular flexibility index (Phi) is 5.90. The number of aliphatic hydroxyl groups is 1. The Morgan fingerprint density at radius 2 is 2.21 bits per heavy atom. The van der Waals surface area contributed by atoms with Crippen molar-refractivity contribution < 1.29 is 14.6 Å². The summed E-state index contributed by atoms with van der Waals surface area (Å²) in [5, 5.41) is 8.74. The largest absolute Gasteiger partial charge is 0.384 e. The van der Waals surface area contributed by atoms with E-state index in [2.05, 4.69) is 11.8 Å². The number of hydrogen-bond donors (Lipinski definition) is 1. The SMILES string of the molecule is OCC#Cc1ccccc1COCC1CCCCO1. The molecule has 3 heteroatoms. The summed E-state index contributed by atoms with van der Waals surface area (Å²) in [6.45, 7) is 1.91. The van der Waals surface area contributed by atoms with Crippen molar-refractivity contribution in [2.75, 3.05) is 19.8 Å². The first-order valence-corrected chi connectivity index (χ1v) is 6.77. The minimum absolute atomic E-state index is 0.120. The van der Waals surface area contributed by atoms with Crippen LogP contribution in [0.1, 0.15) is 30.4 Å². The molecule has 0 amide bonds. The average Bonchev–Trinajstić information content (AvgIpc) is 2.47. The highest BCUT2D eigenvalue weighted by molar-refractivity contribution is 5.40. The van der Waals surface area contributed by atoms with Gasteiger partial charge in [-0.1, -0.05) is 30.0 Å². The van der Waals surface area contributed by atoms with Gasteiger partial charge in [0.25, 0.3) is 0 Å². The normalized spacial score (nSPS) is 18.7. The molecular weight excluding hydrogens is 240 g/mol. The van der Waals surface area contributed by atoms with Crippen LogP contribution in [0.4, 0.5) is 0 Å². The summed E-state index contributed by atoms with van der Waals surface area (Å²) in [6.07, 6.45) is 3.72. The molecule has 1 N–H and O–H groups in total.